The maximum atomic E-state index is 4.34. The van der Waals surface area contributed by atoms with Crippen LogP contribution in [-0.4, -0.2) is 9.97 Å². The molecule has 0 aliphatic carbocycles. The van der Waals surface area contributed by atoms with Crippen molar-refractivity contribution in [2.45, 2.75) is 0 Å². The van der Waals surface area contributed by atoms with Crippen LogP contribution in [-0.2, 0) is 0 Å². The van der Waals surface area contributed by atoms with Crippen LogP contribution in [0, 0.1) is 6.07 Å². The molecule has 2 heterocycles. The molecule has 1 aromatic carbocycles. The van der Waals surface area contributed by atoms with Crippen molar-refractivity contribution in [2.75, 3.05) is 0 Å². The Bertz CT molecular complexity index is 553. The van der Waals surface area contributed by atoms with E-state index in [4.69, 9.17) is 0 Å². The summed E-state index contributed by atoms with van der Waals surface area (Å²) < 4.78 is 0. The van der Waals surface area contributed by atoms with Crippen molar-refractivity contribution in [3.8, 4) is 0 Å². The molecule has 0 saturated carbocycles. The van der Waals surface area contributed by atoms with Crippen molar-refractivity contribution in [1.82, 2.24) is 9.97 Å². The minimum atomic E-state index is 0. The van der Waals surface area contributed by atoms with Gasteiger partial charge in [-0.1, -0.05) is 17.5 Å². The first-order valence-corrected chi connectivity index (χ1v) is 4.45. The average molecular weight is 186 g/mol. The molecule has 0 aliphatic heterocycles. The molecule has 66 valence electrons. The number of hydrogen-bond donors (Lipinski definition) is 0. The minimum Gasteiger partial charge on any atom is -0.306 e. The Morgan fingerprint density at radius 2 is 1.80 bits per heavy atom. The van der Waals surface area contributed by atoms with Gasteiger partial charge in [-0.3, -0.25) is 0 Å². The van der Waals surface area contributed by atoms with Crippen molar-refractivity contribution in [1.29, 1.82) is 0 Å². The van der Waals surface area contributed by atoms with Crippen LogP contribution in [0.2, 0.25) is 0 Å². The normalized spacial score (nSPS) is 10.1. The molecule has 0 fully saturated rings. The number of fused-ring (bicyclic) bond motifs is 3. The number of nitrogens with zero attached hydrogens (tertiary/aromatic N) is 2. The summed E-state index contributed by atoms with van der Waals surface area (Å²) in [5.74, 6) is 0. The summed E-state index contributed by atoms with van der Waals surface area (Å²) in [5.41, 5.74) is 1.91. The van der Waals surface area contributed by atoms with Crippen molar-refractivity contribution in [2.24, 2.45) is 0 Å². The monoisotopic (exact) mass is 186 g/mol. The summed E-state index contributed by atoms with van der Waals surface area (Å²) in [4.78, 5) is 8.60. The second kappa shape index (κ2) is 4.02. The maximum Gasteiger partial charge on any atom is 1.00 e. The van der Waals surface area contributed by atoms with Crippen LogP contribution < -0.4 is 18.9 Å². The molecule has 0 amide bonds. The van der Waals surface area contributed by atoms with E-state index in [9.17, 15) is 0 Å². The number of aromatic nitrogens is 2. The van der Waals surface area contributed by atoms with Crippen LogP contribution >= 0.6 is 0 Å². The third-order valence-corrected chi connectivity index (χ3v) is 2.27. The van der Waals surface area contributed by atoms with Gasteiger partial charge in [0.15, 0.2) is 0 Å². The summed E-state index contributed by atoms with van der Waals surface area (Å²) in [6.07, 6.45) is 3.58. The van der Waals surface area contributed by atoms with Crippen LogP contribution in [0.1, 0.15) is 0 Å². The number of benzene rings is 1. The summed E-state index contributed by atoms with van der Waals surface area (Å²) in [7, 11) is 0. The van der Waals surface area contributed by atoms with Crippen LogP contribution in [0.4, 0.5) is 0 Å². The molecule has 15 heavy (non-hydrogen) atoms. The van der Waals surface area contributed by atoms with Gasteiger partial charge < -0.3 is 9.97 Å². The molecule has 0 saturated heterocycles. The summed E-state index contributed by atoms with van der Waals surface area (Å²) in [6.45, 7) is 0. The van der Waals surface area contributed by atoms with Crippen LogP contribution in [0.3, 0.4) is 0 Å². The van der Waals surface area contributed by atoms with E-state index in [1.807, 2.05) is 30.3 Å². The molecule has 3 rings (SSSR count). The fraction of sp³-hybridized carbons (Fsp3) is 0. The number of pyridine rings is 2. The predicted octanol–water partition coefficient (Wildman–Crippen LogP) is -0.413. The third kappa shape index (κ3) is 1.63. The van der Waals surface area contributed by atoms with Crippen molar-refractivity contribution >= 4 is 21.8 Å². The molecule has 0 radical (unpaired) electrons. The quantitative estimate of drug-likeness (QED) is 0.271. The molecular formula is C12H7LiN2. The van der Waals surface area contributed by atoms with Gasteiger partial charge in [0, 0.05) is 12.4 Å². The van der Waals surface area contributed by atoms with E-state index in [1.165, 1.54) is 0 Å². The van der Waals surface area contributed by atoms with Crippen molar-refractivity contribution in [3.05, 3.63) is 48.8 Å². The Hall–Kier alpha value is -1.36. The number of hydrogen-bond acceptors (Lipinski definition) is 2. The predicted molar refractivity (Wildman–Crippen MR) is 55.9 cm³/mol. The maximum absolute atomic E-state index is 4.34. The molecule has 0 unspecified atom stereocenters. The molecule has 0 spiro atoms. The average Bonchev–Trinajstić information content (AvgIpc) is 2.29. The van der Waals surface area contributed by atoms with Gasteiger partial charge in [-0.15, -0.1) is 23.6 Å². The Morgan fingerprint density at radius 3 is 2.73 bits per heavy atom. The van der Waals surface area contributed by atoms with Crippen LogP contribution in [0.15, 0.2) is 42.7 Å². The largest absolute Gasteiger partial charge is 1.00 e. The van der Waals surface area contributed by atoms with E-state index < -0.39 is 0 Å². The Labute approximate surface area is 99.5 Å². The fourth-order valence-corrected chi connectivity index (χ4v) is 1.62. The SMILES string of the molecule is [Li+].[c-]1cc2ncccc2c2ncccc12. The smallest absolute Gasteiger partial charge is 0.306 e. The summed E-state index contributed by atoms with van der Waals surface area (Å²) in [5, 5.41) is 2.12. The Kier molecular flexibility index (Phi) is 2.72. The van der Waals surface area contributed by atoms with E-state index in [0.29, 0.717) is 0 Å². The van der Waals surface area contributed by atoms with Gasteiger partial charge in [-0.25, -0.2) is 0 Å². The van der Waals surface area contributed by atoms with E-state index in [-0.39, 0.29) is 18.9 Å². The molecule has 0 bridgehead atoms. The van der Waals surface area contributed by atoms with Gasteiger partial charge in [-0.2, -0.15) is 0 Å². The standard InChI is InChI=1S/C12H7N2.Li/c1-3-9-5-6-11-10(4-2-7-13-11)12(9)14-8-1;/h1-4,6-8H;/q-1;+1. The molecule has 3 aromatic rings. The van der Waals surface area contributed by atoms with Crippen LogP contribution in [0.25, 0.3) is 21.8 Å². The zero-order chi connectivity index (χ0) is 9.38. The van der Waals surface area contributed by atoms with Gasteiger partial charge in [-0.05, 0) is 17.1 Å². The molecule has 0 aliphatic rings. The van der Waals surface area contributed by atoms with Gasteiger partial charge in [0.1, 0.15) is 0 Å². The van der Waals surface area contributed by atoms with E-state index in [1.54, 1.807) is 12.4 Å². The van der Waals surface area contributed by atoms with Crippen LogP contribution in [0.5, 0.6) is 0 Å². The molecule has 2 nitrogen and oxygen atoms in total. The Balaban J connectivity index is 0.000000853. The first kappa shape index (κ1) is 10.2. The van der Waals surface area contributed by atoms with Gasteiger partial charge >= 0.3 is 18.9 Å². The van der Waals surface area contributed by atoms with Gasteiger partial charge in [0.2, 0.25) is 0 Å². The zero-order valence-electron chi connectivity index (χ0n) is 8.44. The molecular weight excluding hydrogens is 179 g/mol. The number of rotatable bonds is 0. The third-order valence-electron chi connectivity index (χ3n) is 2.27. The molecule has 0 N–H and O–H groups in total. The fourth-order valence-electron chi connectivity index (χ4n) is 1.62. The van der Waals surface area contributed by atoms with Crippen molar-refractivity contribution in [3.63, 3.8) is 0 Å². The minimum absolute atomic E-state index is 0. The zero-order valence-corrected chi connectivity index (χ0v) is 8.44. The first-order chi connectivity index (χ1) is 6.95. The Morgan fingerprint density at radius 1 is 1.00 bits per heavy atom. The second-order valence-electron chi connectivity index (χ2n) is 3.12. The van der Waals surface area contributed by atoms with Crippen molar-refractivity contribution < 1.29 is 18.9 Å². The van der Waals surface area contributed by atoms with E-state index in [0.717, 1.165) is 21.8 Å². The molecule has 3 heteroatoms. The topological polar surface area (TPSA) is 25.8 Å². The molecule has 0 atom stereocenters. The summed E-state index contributed by atoms with van der Waals surface area (Å²) in [6, 6.07) is 13.0. The summed E-state index contributed by atoms with van der Waals surface area (Å²) >= 11 is 0. The second-order valence-corrected chi connectivity index (χ2v) is 3.12. The van der Waals surface area contributed by atoms with E-state index in [2.05, 4.69) is 16.0 Å². The van der Waals surface area contributed by atoms with Gasteiger partial charge in [0.25, 0.3) is 0 Å². The van der Waals surface area contributed by atoms with Gasteiger partial charge in [0.05, 0.1) is 0 Å². The first-order valence-electron chi connectivity index (χ1n) is 4.45. The van der Waals surface area contributed by atoms with E-state index >= 15 is 0 Å². The molecule has 2 aromatic heterocycles.